The van der Waals surface area contributed by atoms with Gasteiger partial charge in [-0.3, -0.25) is 9.80 Å². The first-order valence-corrected chi connectivity index (χ1v) is 12.5. The van der Waals surface area contributed by atoms with Gasteiger partial charge in [-0.2, -0.15) is 0 Å². The number of nitrogens with zero attached hydrogens (tertiary/aromatic N) is 6. The van der Waals surface area contributed by atoms with Gasteiger partial charge < -0.3 is 15.5 Å². The summed E-state index contributed by atoms with van der Waals surface area (Å²) >= 11 is 3.36. The highest BCUT2D eigenvalue weighted by molar-refractivity contribution is 9.10. The molecule has 2 aromatic rings. The molecule has 2 saturated heterocycles. The lowest BCUT2D eigenvalue weighted by molar-refractivity contribution is 0.132. The SMILES string of the molecule is C.CCN1CCN(Cc2ccc(Br)nc2)CC1.CCN1CCN(Cc2ccc(N)nc2)CC1. The molecule has 0 aliphatic carbocycles. The summed E-state index contributed by atoms with van der Waals surface area (Å²) in [5, 5.41) is 0. The normalized spacial score (nSPS) is 18.3. The molecule has 0 aromatic carbocycles. The highest BCUT2D eigenvalue weighted by Gasteiger charge is 2.16. The van der Waals surface area contributed by atoms with Crippen LogP contribution in [0.4, 0.5) is 5.82 Å². The summed E-state index contributed by atoms with van der Waals surface area (Å²) in [5.41, 5.74) is 8.11. The number of halogens is 1. The fraction of sp³-hybridized carbons (Fsp3) is 0.600. The third-order valence-electron chi connectivity index (χ3n) is 6.27. The molecule has 184 valence electrons. The van der Waals surface area contributed by atoms with Gasteiger partial charge in [-0.05, 0) is 52.3 Å². The van der Waals surface area contributed by atoms with Crippen LogP contribution in [-0.2, 0) is 13.1 Å². The maximum atomic E-state index is 5.56. The topological polar surface area (TPSA) is 64.8 Å². The Hall–Kier alpha value is -1.58. The molecule has 0 radical (unpaired) electrons. The van der Waals surface area contributed by atoms with Gasteiger partial charge in [0, 0.05) is 77.8 Å². The van der Waals surface area contributed by atoms with E-state index < -0.39 is 0 Å². The Bertz CT molecular complexity index is 701. The number of rotatable bonds is 6. The van der Waals surface area contributed by atoms with E-state index in [1.807, 2.05) is 24.5 Å². The van der Waals surface area contributed by atoms with Crippen molar-refractivity contribution in [3.8, 4) is 0 Å². The zero-order chi connectivity index (χ0) is 22.8. The molecule has 2 aromatic heterocycles. The van der Waals surface area contributed by atoms with Crippen molar-refractivity contribution < 1.29 is 0 Å². The van der Waals surface area contributed by atoms with E-state index in [1.165, 1.54) is 56.9 Å². The number of piperazine rings is 2. The molecular weight excluding hydrogens is 478 g/mol. The third kappa shape index (κ3) is 9.66. The Kier molecular flexibility index (Phi) is 12.3. The van der Waals surface area contributed by atoms with Gasteiger partial charge in [0.15, 0.2) is 0 Å². The van der Waals surface area contributed by atoms with E-state index in [2.05, 4.69) is 71.5 Å². The van der Waals surface area contributed by atoms with E-state index in [0.717, 1.165) is 37.3 Å². The molecule has 0 unspecified atom stereocenters. The van der Waals surface area contributed by atoms with Crippen molar-refractivity contribution >= 4 is 21.7 Å². The van der Waals surface area contributed by atoms with Gasteiger partial charge in [-0.25, -0.2) is 9.97 Å². The second-order valence-electron chi connectivity index (χ2n) is 8.50. The molecule has 4 rings (SSSR count). The summed E-state index contributed by atoms with van der Waals surface area (Å²) in [4.78, 5) is 18.3. The van der Waals surface area contributed by atoms with Gasteiger partial charge in [0.1, 0.15) is 10.4 Å². The molecular formula is C25H42BrN7. The minimum absolute atomic E-state index is 0. The van der Waals surface area contributed by atoms with Crippen LogP contribution in [0, 0.1) is 0 Å². The number of nitrogen functional groups attached to an aromatic ring is 1. The van der Waals surface area contributed by atoms with Crippen LogP contribution < -0.4 is 5.73 Å². The summed E-state index contributed by atoms with van der Waals surface area (Å²) in [5.74, 6) is 0.597. The van der Waals surface area contributed by atoms with Gasteiger partial charge in [-0.15, -0.1) is 0 Å². The lowest BCUT2D eigenvalue weighted by Gasteiger charge is -2.33. The number of hydrogen-bond acceptors (Lipinski definition) is 7. The van der Waals surface area contributed by atoms with E-state index in [1.54, 1.807) is 0 Å². The summed E-state index contributed by atoms with van der Waals surface area (Å²) in [6.07, 6.45) is 3.83. The van der Waals surface area contributed by atoms with Crippen molar-refractivity contribution in [3.63, 3.8) is 0 Å². The Morgan fingerprint density at radius 1 is 0.697 bits per heavy atom. The molecule has 0 saturated carbocycles. The molecule has 2 aliphatic heterocycles. The highest BCUT2D eigenvalue weighted by atomic mass is 79.9. The van der Waals surface area contributed by atoms with Crippen LogP contribution in [0.25, 0.3) is 0 Å². The number of pyridine rings is 2. The number of likely N-dealkylation sites (N-methyl/N-ethyl adjacent to an activating group) is 2. The summed E-state index contributed by atoms with van der Waals surface area (Å²) < 4.78 is 0.909. The Labute approximate surface area is 209 Å². The van der Waals surface area contributed by atoms with Crippen molar-refractivity contribution in [3.05, 3.63) is 52.4 Å². The molecule has 4 heterocycles. The minimum Gasteiger partial charge on any atom is -0.384 e. The fourth-order valence-corrected chi connectivity index (χ4v) is 4.31. The molecule has 8 heteroatoms. The van der Waals surface area contributed by atoms with Crippen LogP contribution in [0.5, 0.6) is 0 Å². The van der Waals surface area contributed by atoms with Gasteiger partial charge in [0.05, 0.1) is 0 Å². The largest absolute Gasteiger partial charge is 0.384 e. The maximum absolute atomic E-state index is 5.56. The monoisotopic (exact) mass is 519 g/mol. The number of anilines is 1. The molecule has 2 N–H and O–H groups in total. The summed E-state index contributed by atoms with van der Waals surface area (Å²) in [7, 11) is 0. The lowest BCUT2D eigenvalue weighted by atomic mass is 10.2. The molecule has 0 amide bonds. The standard InChI is InChI=1S/C12H18BrN3.C12H20N4.CH4/c2*1-2-15-5-7-16(8-6-15)10-11-3-4-12(13)14-9-11;/h3-4,9H,2,5-8,10H2,1H3;3-4,9H,2,5-8,10H2,1H3,(H2,13,14);1H4. The Balaban J connectivity index is 0.000000227. The summed E-state index contributed by atoms with van der Waals surface area (Å²) in [6.45, 7) is 18.2. The van der Waals surface area contributed by atoms with E-state index in [-0.39, 0.29) is 7.43 Å². The molecule has 33 heavy (non-hydrogen) atoms. The van der Waals surface area contributed by atoms with E-state index in [4.69, 9.17) is 5.73 Å². The van der Waals surface area contributed by atoms with Gasteiger partial charge in [-0.1, -0.05) is 33.4 Å². The van der Waals surface area contributed by atoms with E-state index in [0.29, 0.717) is 5.82 Å². The van der Waals surface area contributed by atoms with Crippen LogP contribution >= 0.6 is 15.9 Å². The average Bonchev–Trinajstić information content (AvgIpc) is 2.83. The van der Waals surface area contributed by atoms with Crippen molar-refractivity contribution in [2.75, 3.05) is 71.2 Å². The first-order chi connectivity index (χ1) is 15.6. The maximum Gasteiger partial charge on any atom is 0.123 e. The van der Waals surface area contributed by atoms with Gasteiger partial charge in [0.2, 0.25) is 0 Å². The van der Waals surface area contributed by atoms with Crippen molar-refractivity contribution in [1.82, 2.24) is 29.6 Å². The zero-order valence-electron chi connectivity index (χ0n) is 19.6. The first kappa shape index (κ1) is 27.7. The van der Waals surface area contributed by atoms with Gasteiger partial charge in [0.25, 0.3) is 0 Å². The third-order valence-corrected chi connectivity index (χ3v) is 6.74. The van der Waals surface area contributed by atoms with Crippen LogP contribution in [0.15, 0.2) is 41.3 Å². The molecule has 2 fully saturated rings. The van der Waals surface area contributed by atoms with Crippen LogP contribution in [0.3, 0.4) is 0 Å². The minimum atomic E-state index is 0. The predicted molar refractivity (Wildman–Crippen MR) is 142 cm³/mol. The smallest absolute Gasteiger partial charge is 0.123 e. The van der Waals surface area contributed by atoms with Crippen LogP contribution in [-0.4, -0.2) is 95.0 Å². The Morgan fingerprint density at radius 3 is 1.48 bits per heavy atom. The van der Waals surface area contributed by atoms with Crippen molar-refractivity contribution in [1.29, 1.82) is 0 Å². The Morgan fingerprint density at radius 2 is 1.12 bits per heavy atom. The number of aromatic nitrogens is 2. The molecule has 0 bridgehead atoms. The first-order valence-electron chi connectivity index (χ1n) is 11.8. The zero-order valence-corrected chi connectivity index (χ0v) is 21.2. The number of hydrogen-bond donors (Lipinski definition) is 1. The molecule has 0 atom stereocenters. The fourth-order valence-electron chi connectivity index (χ4n) is 4.07. The predicted octanol–water partition coefficient (Wildman–Crippen LogP) is 3.42. The molecule has 2 aliphatic rings. The van der Waals surface area contributed by atoms with Crippen LogP contribution in [0.2, 0.25) is 0 Å². The second kappa shape index (κ2) is 14.6. The lowest BCUT2D eigenvalue weighted by Crippen LogP contribution is -2.45. The van der Waals surface area contributed by atoms with E-state index >= 15 is 0 Å². The quantitative estimate of drug-likeness (QED) is 0.586. The number of nitrogens with two attached hydrogens (primary N) is 1. The highest BCUT2D eigenvalue weighted by Crippen LogP contribution is 2.11. The van der Waals surface area contributed by atoms with Crippen molar-refractivity contribution in [2.24, 2.45) is 0 Å². The molecule has 0 spiro atoms. The van der Waals surface area contributed by atoms with Crippen molar-refractivity contribution in [2.45, 2.75) is 34.4 Å². The average molecular weight is 521 g/mol. The van der Waals surface area contributed by atoms with E-state index in [9.17, 15) is 0 Å². The second-order valence-corrected chi connectivity index (χ2v) is 9.31. The van der Waals surface area contributed by atoms with Crippen LogP contribution in [0.1, 0.15) is 32.4 Å². The summed E-state index contributed by atoms with van der Waals surface area (Å²) in [6, 6.07) is 8.09. The molecule has 7 nitrogen and oxygen atoms in total. The van der Waals surface area contributed by atoms with Gasteiger partial charge >= 0.3 is 0 Å².